The van der Waals surface area contributed by atoms with Gasteiger partial charge < -0.3 is 4.74 Å². The highest BCUT2D eigenvalue weighted by molar-refractivity contribution is 5.73. The number of amidine groups is 1. The minimum absolute atomic E-state index is 0.0405. The zero-order chi connectivity index (χ0) is 7.40. The Balaban J connectivity index is 2.31. The summed E-state index contributed by atoms with van der Waals surface area (Å²) in [5.74, 6) is 0. The molecule has 0 amide bonds. The van der Waals surface area contributed by atoms with Crippen molar-refractivity contribution in [2.75, 3.05) is 13.2 Å². The third-order valence-electron chi connectivity index (χ3n) is 1.03. The van der Waals surface area contributed by atoms with E-state index in [9.17, 15) is 8.78 Å². The number of nitrogens with one attached hydrogen (secondary N) is 1. The molecular weight excluding hydrogens is 142 g/mol. The van der Waals surface area contributed by atoms with E-state index in [-0.39, 0.29) is 6.02 Å². The lowest BCUT2D eigenvalue weighted by Crippen LogP contribution is -2.33. The molecule has 5 heteroatoms. The summed E-state index contributed by atoms with van der Waals surface area (Å²) in [7, 11) is 0. The molecule has 0 aliphatic carbocycles. The standard InChI is InChI=1S/C5H8F2N2O/c6-4(7)9-5-8-2-1-3-10-5/h4H,1-3H2,(H,8,9). The van der Waals surface area contributed by atoms with E-state index in [1.54, 1.807) is 5.32 Å². The summed E-state index contributed by atoms with van der Waals surface area (Å²) in [6, 6.07) is -0.0405. The van der Waals surface area contributed by atoms with E-state index in [1.165, 1.54) is 0 Å². The summed E-state index contributed by atoms with van der Waals surface area (Å²) in [6.07, 6.45) is 0.800. The molecule has 0 unspecified atom stereocenters. The van der Waals surface area contributed by atoms with E-state index in [1.807, 2.05) is 0 Å². The van der Waals surface area contributed by atoms with Crippen molar-refractivity contribution >= 4 is 6.02 Å². The molecule has 1 aliphatic rings. The fourth-order valence-corrected chi connectivity index (χ4v) is 0.640. The van der Waals surface area contributed by atoms with Crippen LogP contribution in [0.3, 0.4) is 0 Å². The third-order valence-corrected chi connectivity index (χ3v) is 1.03. The molecule has 1 aliphatic heterocycles. The maximum absolute atomic E-state index is 11.5. The van der Waals surface area contributed by atoms with Crippen LogP contribution in [0.15, 0.2) is 4.99 Å². The Kier molecular flexibility index (Phi) is 2.42. The van der Waals surface area contributed by atoms with Gasteiger partial charge in [-0.05, 0) is 0 Å². The molecule has 0 aromatic rings. The highest BCUT2D eigenvalue weighted by atomic mass is 19.3. The van der Waals surface area contributed by atoms with Crippen LogP contribution in [0.2, 0.25) is 0 Å². The topological polar surface area (TPSA) is 33.6 Å². The van der Waals surface area contributed by atoms with Gasteiger partial charge in [-0.2, -0.15) is 8.78 Å². The van der Waals surface area contributed by atoms with Gasteiger partial charge in [-0.15, -0.1) is 0 Å². The smallest absolute Gasteiger partial charge is 0.316 e. The molecule has 0 bridgehead atoms. The minimum atomic E-state index is -2.59. The van der Waals surface area contributed by atoms with Gasteiger partial charge in [-0.3, -0.25) is 5.32 Å². The van der Waals surface area contributed by atoms with Gasteiger partial charge in [0.1, 0.15) is 0 Å². The summed E-state index contributed by atoms with van der Waals surface area (Å²) >= 11 is 0. The van der Waals surface area contributed by atoms with Crippen LogP contribution in [-0.4, -0.2) is 25.7 Å². The van der Waals surface area contributed by atoms with Crippen molar-refractivity contribution in [3.05, 3.63) is 0 Å². The van der Waals surface area contributed by atoms with Crippen molar-refractivity contribution in [2.45, 2.75) is 13.0 Å². The lowest BCUT2D eigenvalue weighted by molar-refractivity contribution is 0.116. The monoisotopic (exact) mass is 150 g/mol. The fraction of sp³-hybridized carbons (Fsp3) is 0.800. The lowest BCUT2D eigenvalue weighted by Gasteiger charge is -2.13. The summed E-state index contributed by atoms with van der Waals surface area (Å²) in [5, 5.41) is 1.78. The molecule has 0 saturated carbocycles. The maximum atomic E-state index is 11.5. The molecule has 0 radical (unpaired) electrons. The molecular formula is C5H8F2N2O. The Bertz CT molecular complexity index is 138. The van der Waals surface area contributed by atoms with Crippen LogP contribution in [0.5, 0.6) is 0 Å². The summed E-state index contributed by atoms with van der Waals surface area (Å²) in [6.45, 7) is -1.55. The van der Waals surface area contributed by atoms with E-state index < -0.39 is 6.55 Å². The first kappa shape index (κ1) is 7.24. The van der Waals surface area contributed by atoms with Crippen molar-refractivity contribution in [1.29, 1.82) is 0 Å². The van der Waals surface area contributed by atoms with Crippen LogP contribution in [0.4, 0.5) is 8.78 Å². The van der Waals surface area contributed by atoms with E-state index in [0.717, 1.165) is 6.42 Å². The Morgan fingerprint density at radius 2 is 2.40 bits per heavy atom. The normalized spacial score (nSPS) is 18.1. The van der Waals surface area contributed by atoms with E-state index in [4.69, 9.17) is 4.74 Å². The molecule has 0 aromatic carbocycles. The highest BCUT2D eigenvalue weighted by Gasteiger charge is 2.09. The Labute approximate surface area is 57.1 Å². The predicted octanol–water partition coefficient (Wildman–Crippen LogP) is 0.575. The van der Waals surface area contributed by atoms with Gasteiger partial charge in [0.15, 0.2) is 0 Å². The molecule has 0 atom stereocenters. The van der Waals surface area contributed by atoms with E-state index in [2.05, 4.69) is 4.99 Å². The van der Waals surface area contributed by atoms with Gasteiger partial charge >= 0.3 is 6.55 Å². The van der Waals surface area contributed by atoms with Gasteiger partial charge in [-0.1, -0.05) is 0 Å². The fourth-order valence-electron chi connectivity index (χ4n) is 0.640. The number of ether oxygens (including phenoxy) is 1. The van der Waals surface area contributed by atoms with Crippen LogP contribution < -0.4 is 5.32 Å². The summed E-state index contributed by atoms with van der Waals surface area (Å²) < 4.78 is 27.8. The number of hydrogen-bond acceptors (Lipinski definition) is 3. The summed E-state index contributed by atoms with van der Waals surface area (Å²) in [4.78, 5) is 3.67. The van der Waals surface area contributed by atoms with Gasteiger partial charge in [0, 0.05) is 13.0 Å². The quantitative estimate of drug-likeness (QED) is 0.554. The first-order valence-electron chi connectivity index (χ1n) is 3.01. The van der Waals surface area contributed by atoms with Crippen molar-refractivity contribution in [2.24, 2.45) is 4.99 Å². The summed E-state index contributed by atoms with van der Waals surface area (Å²) in [5.41, 5.74) is 0. The molecule has 1 rings (SSSR count). The molecule has 1 heterocycles. The van der Waals surface area contributed by atoms with Crippen molar-refractivity contribution < 1.29 is 13.5 Å². The molecule has 0 aromatic heterocycles. The molecule has 10 heavy (non-hydrogen) atoms. The average Bonchev–Trinajstić information content (AvgIpc) is 1.88. The second-order valence-electron chi connectivity index (χ2n) is 1.83. The van der Waals surface area contributed by atoms with Crippen molar-refractivity contribution in [3.8, 4) is 0 Å². The highest BCUT2D eigenvalue weighted by Crippen LogP contribution is 1.96. The Morgan fingerprint density at radius 1 is 1.60 bits per heavy atom. The third kappa shape index (κ3) is 2.16. The molecule has 58 valence electrons. The Morgan fingerprint density at radius 3 is 2.90 bits per heavy atom. The number of hydrogen-bond donors (Lipinski definition) is 1. The lowest BCUT2D eigenvalue weighted by atomic mass is 10.4. The first-order chi connectivity index (χ1) is 4.79. The number of rotatable bonds is 1. The zero-order valence-electron chi connectivity index (χ0n) is 5.31. The molecule has 1 N–H and O–H groups in total. The van der Waals surface area contributed by atoms with Crippen molar-refractivity contribution in [3.63, 3.8) is 0 Å². The first-order valence-corrected chi connectivity index (χ1v) is 3.01. The molecule has 0 saturated heterocycles. The zero-order valence-corrected chi connectivity index (χ0v) is 5.31. The van der Waals surface area contributed by atoms with Gasteiger partial charge in [0.25, 0.3) is 6.02 Å². The van der Waals surface area contributed by atoms with Crippen LogP contribution in [-0.2, 0) is 4.74 Å². The predicted molar refractivity (Wildman–Crippen MR) is 32.0 cm³/mol. The van der Waals surface area contributed by atoms with Gasteiger partial charge in [0.05, 0.1) is 6.61 Å². The number of alkyl halides is 2. The number of halogens is 2. The number of nitrogens with zero attached hydrogens (tertiary/aromatic N) is 1. The molecule has 3 nitrogen and oxygen atoms in total. The molecule has 0 spiro atoms. The second kappa shape index (κ2) is 3.34. The minimum Gasteiger partial charge on any atom is -0.465 e. The molecule has 0 fully saturated rings. The van der Waals surface area contributed by atoms with Gasteiger partial charge in [0.2, 0.25) is 0 Å². The van der Waals surface area contributed by atoms with Gasteiger partial charge in [-0.25, -0.2) is 4.99 Å². The average molecular weight is 150 g/mol. The van der Waals surface area contributed by atoms with Crippen LogP contribution in [0.1, 0.15) is 6.42 Å². The van der Waals surface area contributed by atoms with Crippen LogP contribution in [0.25, 0.3) is 0 Å². The second-order valence-corrected chi connectivity index (χ2v) is 1.83. The largest absolute Gasteiger partial charge is 0.465 e. The number of aliphatic imine (C=N–C) groups is 1. The Hall–Kier alpha value is -0.870. The van der Waals surface area contributed by atoms with Crippen LogP contribution in [0, 0.1) is 0 Å². The van der Waals surface area contributed by atoms with E-state index >= 15 is 0 Å². The SMILES string of the molecule is FC(F)NC1=NCCCO1. The van der Waals surface area contributed by atoms with Crippen LogP contribution >= 0.6 is 0 Å². The van der Waals surface area contributed by atoms with E-state index in [0.29, 0.717) is 13.2 Å². The van der Waals surface area contributed by atoms with Crippen molar-refractivity contribution in [1.82, 2.24) is 5.32 Å². The maximum Gasteiger partial charge on any atom is 0.316 e.